The van der Waals surface area contributed by atoms with Gasteiger partial charge in [0.25, 0.3) is 5.91 Å². The highest BCUT2D eigenvalue weighted by Crippen LogP contribution is 2.22. The van der Waals surface area contributed by atoms with Gasteiger partial charge >= 0.3 is 0 Å². The topological polar surface area (TPSA) is 66.9 Å². The molecule has 3 rings (SSSR count). The summed E-state index contributed by atoms with van der Waals surface area (Å²) in [6.45, 7) is 4.14. The molecule has 0 radical (unpaired) electrons. The minimum absolute atomic E-state index is 0.117. The van der Waals surface area contributed by atoms with E-state index in [-0.39, 0.29) is 11.9 Å². The van der Waals surface area contributed by atoms with Crippen LogP contribution in [0.2, 0.25) is 0 Å². The van der Waals surface area contributed by atoms with Crippen LogP contribution in [0.5, 0.6) is 0 Å². The number of amides is 1. The van der Waals surface area contributed by atoms with Gasteiger partial charge in [-0.3, -0.25) is 4.79 Å². The molecular formula is C19H24N4O. The second kappa shape index (κ2) is 7.43. The molecule has 0 saturated heterocycles. The van der Waals surface area contributed by atoms with E-state index in [1.54, 1.807) is 6.07 Å². The van der Waals surface area contributed by atoms with E-state index in [9.17, 15) is 4.79 Å². The monoisotopic (exact) mass is 324 g/mol. The first-order valence-electron chi connectivity index (χ1n) is 8.59. The molecule has 0 bridgehead atoms. The van der Waals surface area contributed by atoms with Gasteiger partial charge in [0, 0.05) is 17.8 Å². The molecule has 0 aliphatic heterocycles. The molecule has 0 spiro atoms. The number of benzene rings is 1. The van der Waals surface area contributed by atoms with Crippen molar-refractivity contribution in [1.82, 2.24) is 15.3 Å². The molecule has 1 fully saturated rings. The Bertz CT molecular complexity index is 723. The number of hydrogen-bond acceptors (Lipinski definition) is 4. The van der Waals surface area contributed by atoms with Crippen molar-refractivity contribution < 1.29 is 4.79 Å². The van der Waals surface area contributed by atoms with Crippen LogP contribution in [0.25, 0.3) is 0 Å². The number of carbonyl (C=O) groups is 1. The zero-order chi connectivity index (χ0) is 16.9. The average molecular weight is 324 g/mol. The largest absolute Gasteiger partial charge is 0.348 e. The molecule has 126 valence electrons. The van der Waals surface area contributed by atoms with Crippen LogP contribution in [0.1, 0.15) is 53.7 Å². The van der Waals surface area contributed by atoms with Gasteiger partial charge in [-0.1, -0.05) is 31.4 Å². The van der Waals surface area contributed by atoms with Crippen molar-refractivity contribution in [1.29, 1.82) is 0 Å². The minimum Gasteiger partial charge on any atom is -0.348 e. The average Bonchev–Trinajstić information content (AvgIpc) is 2.60. The van der Waals surface area contributed by atoms with Crippen molar-refractivity contribution in [3.8, 4) is 0 Å². The van der Waals surface area contributed by atoms with Gasteiger partial charge in [-0.25, -0.2) is 9.97 Å². The van der Waals surface area contributed by atoms with Crippen molar-refractivity contribution in [2.24, 2.45) is 0 Å². The van der Waals surface area contributed by atoms with Crippen molar-refractivity contribution in [3.05, 3.63) is 47.4 Å². The summed E-state index contributed by atoms with van der Waals surface area (Å²) in [5, 5.41) is 6.37. The Hall–Kier alpha value is -2.43. The molecule has 5 heteroatoms. The molecule has 0 atom stereocenters. The van der Waals surface area contributed by atoms with Gasteiger partial charge in [0.05, 0.1) is 0 Å². The fourth-order valence-electron chi connectivity index (χ4n) is 3.08. The Morgan fingerprint density at radius 1 is 1.12 bits per heavy atom. The maximum atomic E-state index is 12.4. The lowest BCUT2D eigenvalue weighted by Gasteiger charge is -2.22. The Balaban J connectivity index is 1.71. The zero-order valence-corrected chi connectivity index (χ0v) is 14.3. The van der Waals surface area contributed by atoms with E-state index in [4.69, 9.17) is 0 Å². The standard InChI is InChI=1S/C19H24N4O/c1-13-7-6-10-16(14(13)2)23-18-11-17(20-12-21-18)19(24)22-15-8-4-3-5-9-15/h6-7,10-12,15H,3-5,8-9H2,1-2H3,(H,22,24)(H,20,21,23). The number of anilines is 2. The number of hydrogen-bond donors (Lipinski definition) is 2. The van der Waals surface area contributed by atoms with Crippen molar-refractivity contribution in [2.75, 3.05) is 5.32 Å². The van der Waals surface area contributed by atoms with Gasteiger partial charge in [-0.15, -0.1) is 0 Å². The quantitative estimate of drug-likeness (QED) is 0.895. The smallest absolute Gasteiger partial charge is 0.270 e. The van der Waals surface area contributed by atoms with Crippen LogP contribution in [0.4, 0.5) is 11.5 Å². The third kappa shape index (κ3) is 3.91. The van der Waals surface area contributed by atoms with Crippen LogP contribution in [0.15, 0.2) is 30.6 Å². The normalized spacial score (nSPS) is 15.1. The van der Waals surface area contributed by atoms with Gasteiger partial charge in [0.15, 0.2) is 0 Å². The van der Waals surface area contributed by atoms with E-state index in [0.717, 1.165) is 18.5 Å². The van der Waals surface area contributed by atoms with E-state index in [1.165, 1.54) is 36.7 Å². The van der Waals surface area contributed by atoms with E-state index in [0.29, 0.717) is 11.5 Å². The Morgan fingerprint density at radius 3 is 2.71 bits per heavy atom. The van der Waals surface area contributed by atoms with Gasteiger partial charge in [-0.2, -0.15) is 0 Å². The van der Waals surface area contributed by atoms with Crippen molar-refractivity contribution in [2.45, 2.75) is 52.0 Å². The predicted molar refractivity (Wildman–Crippen MR) is 95.6 cm³/mol. The molecule has 0 unspecified atom stereocenters. The number of carbonyl (C=O) groups excluding carboxylic acids is 1. The summed E-state index contributed by atoms with van der Waals surface area (Å²) in [6, 6.07) is 8.06. The second-order valence-corrected chi connectivity index (χ2v) is 6.47. The minimum atomic E-state index is -0.117. The maximum absolute atomic E-state index is 12.4. The molecule has 1 aliphatic carbocycles. The predicted octanol–water partition coefficient (Wildman–Crippen LogP) is 3.90. The molecule has 1 amide bonds. The molecule has 2 N–H and O–H groups in total. The highest BCUT2D eigenvalue weighted by molar-refractivity contribution is 5.93. The number of aromatic nitrogens is 2. The first kappa shape index (κ1) is 16.4. The molecule has 1 aliphatic rings. The summed E-state index contributed by atoms with van der Waals surface area (Å²) >= 11 is 0. The number of nitrogens with zero attached hydrogens (tertiary/aromatic N) is 2. The maximum Gasteiger partial charge on any atom is 0.270 e. The summed E-state index contributed by atoms with van der Waals surface area (Å²) in [5.41, 5.74) is 3.78. The van der Waals surface area contributed by atoms with Crippen molar-refractivity contribution >= 4 is 17.4 Å². The summed E-state index contributed by atoms with van der Waals surface area (Å²) < 4.78 is 0. The molecule has 24 heavy (non-hydrogen) atoms. The van der Waals surface area contributed by atoms with Crippen LogP contribution in [-0.2, 0) is 0 Å². The van der Waals surface area contributed by atoms with E-state index < -0.39 is 0 Å². The Kier molecular flexibility index (Phi) is 5.08. The second-order valence-electron chi connectivity index (χ2n) is 6.47. The first-order chi connectivity index (χ1) is 11.6. The first-order valence-corrected chi connectivity index (χ1v) is 8.59. The lowest BCUT2D eigenvalue weighted by atomic mass is 9.95. The number of aryl methyl sites for hydroxylation is 1. The highest BCUT2D eigenvalue weighted by Gasteiger charge is 2.17. The fourth-order valence-corrected chi connectivity index (χ4v) is 3.08. The lowest BCUT2D eigenvalue weighted by Crippen LogP contribution is -2.36. The summed E-state index contributed by atoms with van der Waals surface area (Å²) in [4.78, 5) is 20.8. The molecular weight excluding hydrogens is 300 g/mol. The molecule has 2 aromatic rings. The van der Waals surface area contributed by atoms with Gasteiger partial charge in [0.2, 0.25) is 0 Å². The van der Waals surface area contributed by atoms with E-state index in [2.05, 4.69) is 40.5 Å². The van der Waals surface area contributed by atoms with E-state index >= 15 is 0 Å². The van der Waals surface area contributed by atoms with Crippen LogP contribution in [0, 0.1) is 13.8 Å². The van der Waals surface area contributed by atoms with Gasteiger partial charge in [0.1, 0.15) is 17.8 Å². The van der Waals surface area contributed by atoms with Crippen LogP contribution >= 0.6 is 0 Å². The van der Waals surface area contributed by atoms with E-state index in [1.807, 2.05) is 12.1 Å². The highest BCUT2D eigenvalue weighted by atomic mass is 16.1. The number of rotatable bonds is 4. The number of nitrogens with one attached hydrogen (secondary N) is 2. The molecule has 1 aromatic carbocycles. The SMILES string of the molecule is Cc1cccc(Nc2cc(C(=O)NC3CCCCC3)ncn2)c1C. The Morgan fingerprint density at radius 2 is 1.92 bits per heavy atom. The van der Waals surface area contributed by atoms with Crippen LogP contribution in [0.3, 0.4) is 0 Å². The fraction of sp³-hybridized carbons (Fsp3) is 0.421. The Labute approximate surface area is 142 Å². The molecule has 1 aromatic heterocycles. The zero-order valence-electron chi connectivity index (χ0n) is 14.3. The van der Waals surface area contributed by atoms with Gasteiger partial charge < -0.3 is 10.6 Å². The summed E-state index contributed by atoms with van der Waals surface area (Å²) in [7, 11) is 0. The summed E-state index contributed by atoms with van der Waals surface area (Å²) in [5.74, 6) is 0.515. The third-order valence-electron chi connectivity index (χ3n) is 4.71. The van der Waals surface area contributed by atoms with Gasteiger partial charge in [-0.05, 0) is 43.9 Å². The summed E-state index contributed by atoms with van der Waals surface area (Å²) in [6.07, 6.45) is 7.20. The molecule has 5 nitrogen and oxygen atoms in total. The molecule has 1 saturated carbocycles. The van der Waals surface area contributed by atoms with Crippen LogP contribution in [-0.4, -0.2) is 21.9 Å². The molecule has 1 heterocycles. The van der Waals surface area contributed by atoms with Crippen molar-refractivity contribution in [3.63, 3.8) is 0 Å². The third-order valence-corrected chi connectivity index (χ3v) is 4.71. The lowest BCUT2D eigenvalue weighted by molar-refractivity contribution is 0.0922. The van der Waals surface area contributed by atoms with Crippen LogP contribution < -0.4 is 10.6 Å².